The quantitative estimate of drug-likeness (QED) is 0.247. The monoisotopic (exact) mass is 553 g/mol. The predicted octanol–water partition coefficient (Wildman–Crippen LogP) is 6.31. The Hall–Kier alpha value is -2.38. The summed E-state index contributed by atoms with van der Waals surface area (Å²) in [4.78, 5) is 45.7. The van der Waals surface area contributed by atoms with Crippen LogP contribution < -0.4 is 5.32 Å². The number of Topliss-reactive ketones (excluding diaryl/α,β-unsaturated/α-hetero) is 2. The largest absolute Gasteiger partial charge is 0.353 e. The average Bonchev–Trinajstić information content (AvgIpc) is 3.34. The number of fused-ring (bicyclic) bond motifs is 1. The minimum absolute atomic E-state index is 0.00151. The molecule has 7 heteroatoms. The summed E-state index contributed by atoms with van der Waals surface area (Å²) in [5.74, 6) is -0.115. The number of carbonyl (C=O) groups is 3. The lowest BCUT2D eigenvalue weighted by atomic mass is 9.81. The number of hydrogen-bond acceptors (Lipinski definition) is 6. The fourth-order valence-electron chi connectivity index (χ4n) is 5.67. The maximum absolute atomic E-state index is 13.7. The molecule has 1 aliphatic carbocycles. The molecule has 2 aromatic rings. The number of benzene rings is 1. The number of rotatable bonds is 16. The Labute approximate surface area is 238 Å². The lowest BCUT2D eigenvalue weighted by Gasteiger charge is -2.32. The van der Waals surface area contributed by atoms with Gasteiger partial charge in [-0.25, -0.2) is 4.98 Å². The van der Waals surface area contributed by atoms with Crippen LogP contribution in [0.25, 0.3) is 10.2 Å². The zero-order chi connectivity index (χ0) is 28.4. The number of thiazole rings is 1. The van der Waals surface area contributed by atoms with Gasteiger partial charge in [-0.2, -0.15) is 0 Å². The van der Waals surface area contributed by atoms with Gasteiger partial charge in [-0.15, -0.1) is 11.3 Å². The van der Waals surface area contributed by atoms with Crippen molar-refractivity contribution in [2.24, 2.45) is 11.8 Å². The van der Waals surface area contributed by atoms with Crippen LogP contribution in [0.1, 0.15) is 89.6 Å². The second-order valence-corrected chi connectivity index (χ2v) is 12.2. The Morgan fingerprint density at radius 2 is 1.85 bits per heavy atom. The maximum Gasteiger partial charge on any atom is 0.224 e. The second kappa shape index (κ2) is 15.4. The van der Waals surface area contributed by atoms with Crippen LogP contribution in [0.4, 0.5) is 0 Å². The Balaban J connectivity index is 1.71. The zero-order valence-electron chi connectivity index (χ0n) is 24.4. The van der Waals surface area contributed by atoms with Crippen LogP contribution in [0.2, 0.25) is 0 Å². The molecule has 0 spiro atoms. The number of hydrogen-bond donors (Lipinski definition) is 1. The second-order valence-electron chi connectivity index (χ2n) is 11.1. The predicted molar refractivity (Wildman–Crippen MR) is 161 cm³/mol. The smallest absolute Gasteiger partial charge is 0.224 e. The molecule has 1 N–H and O–H groups in total. The Kier molecular flexibility index (Phi) is 12.3. The molecule has 0 unspecified atom stereocenters. The molecule has 39 heavy (non-hydrogen) atoms. The van der Waals surface area contributed by atoms with Crippen LogP contribution >= 0.6 is 11.3 Å². The molecule has 1 amide bonds. The van der Waals surface area contributed by atoms with Crippen molar-refractivity contribution >= 4 is 39.0 Å². The van der Waals surface area contributed by atoms with E-state index in [0.717, 1.165) is 60.4 Å². The number of nitrogens with zero attached hydrogens (tertiary/aromatic N) is 2. The Morgan fingerprint density at radius 1 is 1.13 bits per heavy atom. The van der Waals surface area contributed by atoms with E-state index in [4.69, 9.17) is 4.98 Å². The van der Waals surface area contributed by atoms with Crippen LogP contribution in [0.3, 0.4) is 0 Å². The van der Waals surface area contributed by atoms with E-state index in [0.29, 0.717) is 37.3 Å². The van der Waals surface area contributed by atoms with E-state index in [2.05, 4.69) is 49.7 Å². The summed E-state index contributed by atoms with van der Waals surface area (Å²) in [6.07, 6.45) is 8.26. The van der Waals surface area contributed by atoms with E-state index in [1.807, 2.05) is 6.07 Å². The highest BCUT2D eigenvalue weighted by Crippen LogP contribution is 2.30. The van der Waals surface area contributed by atoms with Gasteiger partial charge in [0.25, 0.3) is 0 Å². The first-order valence-corrected chi connectivity index (χ1v) is 15.7. The summed E-state index contributed by atoms with van der Waals surface area (Å²) >= 11 is 1.61. The van der Waals surface area contributed by atoms with Crippen LogP contribution in [-0.2, 0) is 27.2 Å². The van der Waals surface area contributed by atoms with Gasteiger partial charge in [0, 0.05) is 37.4 Å². The van der Waals surface area contributed by atoms with Gasteiger partial charge < -0.3 is 10.1 Å². The molecule has 1 heterocycles. The molecule has 1 saturated carbocycles. The van der Waals surface area contributed by atoms with Crippen molar-refractivity contribution in [2.75, 3.05) is 19.6 Å². The standard InChI is InChI=1S/C32H47N3O3S/c1-6-24-14-15-28-30(19-24)39-31(33-28)20-26(18-23(5)36)32(38)34-27(25-12-10-9-11-13-25)16-17-29(37)22(4)21-35(7-2)8-3/h14-15,19,25-27H,4,6-13,16-18,20-21H2,1-3,5H3,(H,34,38)/t26-,27+/m0/s1. The highest BCUT2D eigenvalue weighted by molar-refractivity contribution is 7.18. The molecule has 0 radical (unpaired) electrons. The van der Waals surface area contributed by atoms with Gasteiger partial charge in [-0.3, -0.25) is 14.5 Å². The number of amides is 1. The summed E-state index contributed by atoms with van der Waals surface area (Å²) in [5.41, 5.74) is 2.85. The summed E-state index contributed by atoms with van der Waals surface area (Å²) in [5, 5.41) is 4.20. The van der Waals surface area contributed by atoms with Gasteiger partial charge in [0.15, 0.2) is 5.78 Å². The van der Waals surface area contributed by atoms with Crippen LogP contribution in [0.5, 0.6) is 0 Å². The summed E-state index contributed by atoms with van der Waals surface area (Å²) in [6.45, 7) is 14.3. The molecular weight excluding hydrogens is 506 g/mol. The first-order chi connectivity index (χ1) is 18.7. The number of nitrogens with one attached hydrogen (secondary N) is 1. The van der Waals surface area contributed by atoms with E-state index in [1.165, 1.54) is 12.0 Å². The van der Waals surface area contributed by atoms with Crippen LogP contribution in [0.15, 0.2) is 30.4 Å². The average molecular weight is 554 g/mol. The molecule has 0 bridgehead atoms. The molecule has 6 nitrogen and oxygen atoms in total. The van der Waals surface area contributed by atoms with Gasteiger partial charge in [-0.05, 0) is 69.3 Å². The molecule has 2 atom stereocenters. The molecule has 214 valence electrons. The van der Waals surface area contributed by atoms with Gasteiger partial charge >= 0.3 is 0 Å². The Bertz CT molecular complexity index is 1130. The van der Waals surface area contributed by atoms with Crippen molar-refractivity contribution in [3.8, 4) is 0 Å². The van der Waals surface area contributed by atoms with Crippen molar-refractivity contribution in [3.05, 3.63) is 40.9 Å². The fourth-order valence-corrected chi connectivity index (χ4v) is 6.78. The minimum atomic E-state index is -0.465. The third kappa shape index (κ3) is 9.35. The molecule has 1 fully saturated rings. The van der Waals surface area contributed by atoms with Gasteiger partial charge in [0.1, 0.15) is 5.78 Å². The molecule has 0 aliphatic heterocycles. The highest BCUT2D eigenvalue weighted by atomic mass is 32.1. The van der Waals surface area contributed by atoms with Gasteiger partial charge in [0.2, 0.25) is 5.91 Å². The lowest BCUT2D eigenvalue weighted by molar-refractivity contribution is -0.130. The van der Waals surface area contributed by atoms with Crippen molar-refractivity contribution in [2.45, 2.75) is 97.9 Å². The first kappa shape index (κ1) is 31.2. The number of likely N-dealkylation sites (N-methyl/N-ethyl adjacent to an activating group) is 1. The summed E-state index contributed by atoms with van der Waals surface area (Å²) in [6, 6.07) is 6.23. The van der Waals surface area contributed by atoms with E-state index >= 15 is 0 Å². The molecule has 1 aromatic carbocycles. The van der Waals surface area contributed by atoms with E-state index < -0.39 is 5.92 Å². The third-order valence-corrected chi connectivity index (χ3v) is 9.20. The van der Waals surface area contributed by atoms with E-state index in [-0.39, 0.29) is 29.9 Å². The molecule has 1 aromatic heterocycles. The van der Waals surface area contributed by atoms with Gasteiger partial charge in [-0.1, -0.05) is 52.7 Å². The maximum atomic E-state index is 13.7. The third-order valence-electron chi connectivity index (χ3n) is 8.16. The normalized spacial score (nSPS) is 15.8. The number of carbonyl (C=O) groups excluding carboxylic acids is 3. The number of ketones is 2. The molecule has 3 rings (SSSR count). The lowest BCUT2D eigenvalue weighted by Crippen LogP contribution is -2.45. The minimum Gasteiger partial charge on any atom is -0.353 e. The van der Waals surface area contributed by atoms with E-state index in [9.17, 15) is 14.4 Å². The van der Waals surface area contributed by atoms with Crippen molar-refractivity contribution in [3.63, 3.8) is 0 Å². The van der Waals surface area contributed by atoms with Crippen molar-refractivity contribution in [1.82, 2.24) is 15.2 Å². The molecule has 0 saturated heterocycles. The SMILES string of the molecule is C=C(CN(CC)CC)C(=O)CC[C@@H](NC(=O)[C@@H](CC(C)=O)Cc1nc2ccc(CC)cc2s1)C1CCCCC1. The topological polar surface area (TPSA) is 79.4 Å². The summed E-state index contributed by atoms with van der Waals surface area (Å²) < 4.78 is 1.12. The Morgan fingerprint density at radius 3 is 2.49 bits per heavy atom. The zero-order valence-corrected chi connectivity index (χ0v) is 25.2. The first-order valence-electron chi connectivity index (χ1n) is 14.8. The number of aryl methyl sites for hydroxylation is 1. The molecule has 1 aliphatic rings. The fraction of sp³-hybridized carbons (Fsp3) is 0.625. The number of aromatic nitrogens is 1. The van der Waals surface area contributed by atoms with E-state index in [1.54, 1.807) is 18.3 Å². The van der Waals surface area contributed by atoms with Crippen LogP contribution in [0, 0.1) is 11.8 Å². The summed E-state index contributed by atoms with van der Waals surface area (Å²) in [7, 11) is 0. The van der Waals surface area contributed by atoms with Crippen LogP contribution in [-0.4, -0.2) is 53.0 Å². The van der Waals surface area contributed by atoms with Crippen molar-refractivity contribution in [1.29, 1.82) is 0 Å². The van der Waals surface area contributed by atoms with Gasteiger partial charge in [0.05, 0.1) is 21.1 Å². The molecular formula is C32H47N3O3S. The highest BCUT2D eigenvalue weighted by Gasteiger charge is 2.30. The van der Waals surface area contributed by atoms with Crippen molar-refractivity contribution < 1.29 is 14.4 Å².